The third-order valence-corrected chi connectivity index (χ3v) is 2.66. The number of ether oxygens (including phenoxy) is 1. The molecule has 0 radical (unpaired) electrons. The van der Waals surface area contributed by atoms with E-state index in [1.165, 1.54) is 0 Å². The van der Waals surface area contributed by atoms with Crippen LogP contribution in [0.5, 0.6) is 0 Å². The minimum Gasteiger partial charge on any atom is -0.377 e. The standard InChI is InChI=1S/C10H17ClN2O/c1-2-14-10-4-3-5-13(8-10)7-9(11)6-12/h9-10H,2-5,7-8H2,1H3. The predicted octanol–water partition coefficient (Wildman–Crippen LogP) is 1.62. The van der Waals surface area contributed by atoms with Crippen LogP contribution in [0.25, 0.3) is 0 Å². The van der Waals surface area contributed by atoms with Gasteiger partial charge in [-0.25, -0.2) is 0 Å². The monoisotopic (exact) mass is 216 g/mol. The fourth-order valence-electron chi connectivity index (χ4n) is 1.82. The van der Waals surface area contributed by atoms with Gasteiger partial charge in [0.25, 0.3) is 0 Å². The Bertz CT molecular complexity index is 203. The molecule has 0 aliphatic carbocycles. The minimum atomic E-state index is -0.393. The lowest BCUT2D eigenvalue weighted by atomic mass is 10.1. The SMILES string of the molecule is CCOC1CCCN(CC(Cl)C#N)C1. The second-order valence-electron chi connectivity index (χ2n) is 3.58. The van der Waals surface area contributed by atoms with Gasteiger partial charge in [-0.15, -0.1) is 11.6 Å². The van der Waals surface area contributed by atoms with E-state index in [9.17, 15) is 0 Å². The highest BCUT2D eigenvalue weighted by Crippen LogP contribution is 2.14. The largest absolute Gasteiger partial charge is 0.377 e. The zero-order valence-corrected chi connectivity index (χ0v) is 9.33. The van der Waals surface area contributed by atoms with Crippen molar-refractivity contribution >= 4 is 11.6 Å². The number of halogens is 1. The normalized spacial score (nSPS) is 25.6. The molecule has 0 N–H and O–H groups in total. The van der Waals surface area contributed by atoms with Gasteiger partial charge in [0.1, 0.15) is 5.38 Å². The number of hydrogen-bond acceptors (Lipinski definition) is 3. The molecule has 3 nitrogen and oxygen atoms in total. The topological polar surface area (TPSA) is 36.3 Å². The van der Waals surface area contributed by atoms with Crippen molar-refractivity contribution in [1.82, 2.24) is 4.90 Å². The molecule has 1 rings (SSSR count). The van der Waals surface area contributed by atoms with Crippen LogP contribution < -0.4 is 0 Å². The highest BCUT2D eigenvalue weighted by Gasteiger charge is 2.21. The van der Waals surface area contributed by atoms with Crippen LogP contribution in [-0.4, -0.2) is 42.6 Å². The summed E-state index contributed by atoms with van der Waals surface area (Å²) in [6.45, 7) is 5.38. The van der Waals surface area contributed by atoms with Crippen molar-refractivity contribution in [3.05, 3.63) is 0 Å². The Labute approximate surface area is 90.6 Å². The van der Waals surface area contributed by atoms with Gasteiger partial charge in [0.2, 0.25) is 0 Å². The predicted molar refractivity (Wildman–Crippen MR) is 56.3 cm³/mol. The molecular weight excluding hydrogens is 200 g/mol. The van der Waals surface area contributed by atoms with Crippen molar-refractivity contribution in [2.75, 3.05) is 26.2 Å². The van der Waals surface area contributed by atoms with Crippen LogP contribution in [0, 0.1) is 11.3 Å². The lowest BCUT2D eigenvalue weighted by molar-refractivity contribution is 0.00683. The molecule has 0 bridgehead atoms. The van der Waals surface area contributed by atoms with E-state index < -0.39 is 5.38 Å². The smallest absolute Gasteiger partial charge is 0.133 e. The number of likely N-dealkylation sites (tertiary alicyclic amines) is 1. The average molecular weight is 217 g/mol. The molecule has 2 atom stereocenters. The van der Waals surface area contributed by atoms with Gasteiger partial charge < -0.3 is 4.74 Å². The molecule has 1 saturated heterocycles. The summed E-state index contributed by atoms with van der Waals surface area (Å²) in [5.41, 5.74) is 0. The van der Waals surface area contributed by atoms with Crippen molar-refractivity contribution in [2.24, 2.45) is 0 Å². The second-order valence-corrected chi connectivity index (χ2v) is 4.10. The summed E-state index contributed by atoms with van der Waals surface area (Å²) >= 11 is 5.78. The molecule has 80 valence electrons. The number of rotatable bonds is 4. The van der Waals surface area contributed by atoms with Crippen molar-refractivity contribution in [2.45, 2.75) is 31.2 Å². The number of piperidine rings is 1. The average Bonchev–Trinajstić information content (AvgIpc) is 2.19. The maximum Gasteiger partial charge on any atom is 0.133 e. The van der Waals surface area contributed by atoms with Gasteiger partial charge in [-0.1, -0.05) is 0 Å². The Morgan fingerprint density at radius 2 is 2.50 bits per heavy atom. The molecule has 4 heteroatoms. The Morgan fingerprint density at radius 3 is 3.14 bits per heavy atom. The highest BCUT2D eigenvalue weighted by atomic mass is 35.5. The van der Waals surface area contributed by atoms with Crippen molar-refractivity contribution in [1.29, 1.82) is 5.26 Å². The molecule has 2 unspecified atom stereocenters. The van der Waals surface area contributed by atoms with E-state index in [2.05, 4.69) is 4.90 Å². The number of hydrogen-bond donors (Lipinski definition) is 0. The van der Waals surface area contributed by atoms with Gasteiger partial charge in [0.05, 0.1) is 12.2 Å². The fourth-order valence-corrected chi connectivity index (χ4v) is 2.01. The first kappa shape index (κ1) is 11.8. The van der Waals surface area contributed by atoms with E-state index in [4.69, 9.17) is 21.6 Å². The second kappa shape index (κ2) is 6.23. The van der Waals surface area contributed by atoms with Crippen LogP contribution in [0.2, 0.25) is 0 Å². The first-order valence-electron chi connectivity index (χ1n) is 5.14. The number of nitriles is 1. The van der Waals surface area contributed by atoms with E-state index in [-0.39, 0.29) is 0 Å². The summed E-state index contributed by atoms with van der Waals surface area (Å²) in [6, 6.07) is 2.04. The minimum absolute atomic E-state index is 0.330. The highest BCUT2D eigenvalue weighted by molar-refractivity contribution is 6.22. The Kier molecular flexibility index (Phi) is 5.24. The van der Waals surface area contributed by atoms with Crippen LogP contribution in [0.4, 0.5) is 0 Å². The maximum absolute atomic E-state index is 8.59. The van der Waals surface area contributed by atoms with Gasteiger partial charge in [-0.2, -0.15) is 5.26 Å². The Morgan fingerprint density at radius 1 is 1.71 bits per heavy atom. The van der Waals surface area contributed by atoms with Gasteiger partial charge in [-0.05, 0) is 26.3 Å². The number of alkyl halides is 1. The summed E-state index contributed by atoms with van der Waals surface area (Å²) in [7, 11) is 0. The first-order chi connectivity index (χ1) is 6.76. The van der Waals surface area contributed by atoms with Gasteiger partial charge in [0, 0.05) is 19.7 Å². The number of nitrogens with zero attached hydrogens (tertiary/aromatic N) is 2. The summed E-state index contributed by atoms with van der Waals surface area (Å²) in [6.07, 6.45) is 2.60. The summed E-state index contributed by atoms with van der Waals surface area (Å²) in [4.78, 5) is 2.21. The third kappa shape index (κ3) is 3.83. The molecular formula is C10H17ClN2O. The molecule has 0 saturated carbocycles. The molecule has 0 aromatic rings. The molecule has 1 aliphatic heterocycles. The summed E-state index contributed by atoms with van der Waals surface area (Å²) < 4.78 is 5.56. The van der Waals surface area contributed by atoms with Crippen LogP contribution in [0.15, 0.2) is 0 Å². The summed E-state index contributed by atoms with van der Waals surface area (Å²) in [5.74, 6) is 0. The molecule has 0 aromatic carbocycles. The van der Waals surface area contributed by atoms with Gasteiger partial charge in [0.15, 0.2) is 0 Å². The fraction of sp³-hybridized carbons (Fsp3) is 0.900. The molecule has 0 aromatic heterocycles. The molecule has 1 aliphatic rings. The molecule has 1 fully saturated rings. The van der Waals surface area contributed by atoms with Crippen LogP contribution >= 0.6 is 11.6 Å². The van der Waals surface area contributed by atoms with Crippen LogP contribution in [0.1, 0.15) is 19.8 Å². The van der Waals surface area contributed by atoms with E-state index in [0.717, 1.165) is 32.5 Å². The Balaban J connectivity index is 2.29. The third-order valence-electron chi connectivity index (χ3n) is 2.42. The van der Waals surface area contributed by atoms with E-state index >= 15 is 0 Å². The zero-order valence-electron chi connectivity index (χ0n) is 8.58. The van der Waals surface area contributed by atoms with Crippen molar-refractivity contribution in [3.63, 3.8) is 0 Å². The first-order valence-corrected chi connectivity index (χ1v) is 5.57. The van der Waals surface area contributed by atoms with Gasteiger partial charge in [-0.3, -0.25) is 4.90 Å². The maximum atomic E-state index is 8.59. The van der Waals surface area contributed by atoms with E-state index in [0.29, 0.717) is 12.6 Å². The summed E-state index contributed by atoms with van der Waals surface area (Å²) in [5, 5.41) is 8.20. The van der Waals surface area contributed by atoms with Crippen LogP contribution in [-0.2, 0) is 4.74 Å². The lowest BCUT2D eigenvalue weighted by Gasteiger charge is -2.32. The van der Waals surface area contributed by atoms with E-state index in [1.54, 1.807) is 0 Å². The molecule has 0 spiro atoms. The van der Waals surface area contributed by atoms with Crippen molar-refractivity contribution < 1.29 is 4.74 Å². The molecule has 0 amide bonds. The lowest BCUT2D eigenvalue weighted by Crippen LogP contribution is -2.42. The van der Waals surface area contributed by atoms with Crippen molar-refractivity contribution in [3.8, 4) is 6.07 Å². The molecule has 1 heterocycles. The zero-order chi connectivity index (χ0) is 10.4. The quantitative estimate of drug-likeness (QED) is 0.670. The van der Waals surface area contributed by atoms with E-state index in [1.807, 2.05) is 13.0 Å². The van der Waals surface area contributed by atoms with Crippen LogP contribution in [0.3, 0.4) is 0 Å². The van der Waals surface area contributed by atoms with Gasteiger partial charge >= 0.3 is 0 Å². The Hall–Kier alpha value is -0.300. The molecule has 14 heavy (non-hydrogen) atoms.